The summed E-state index contributed by atoms with van der Waals surface area (Å²) in [7, 11) is 0. The van der Waals surface area contributed by atoms with Crippen molar-refractivity contribution in [3.63, 3.8) is 0 Å². The number of rotatable bonds is 9. The Balaban J connectivity index is 1.55. The second-order valence-corrected chi connectivity index (χ2v) is 10.1. The minimum atomic E-state index is -0.537. The van der Waals surface area contributed by atoms with Crippen LogP contribution in [0.3, 0.4) is 0 Å². The average molecular weight is 511 g/mol. The van der Waals surface area contributed by atoms with Gasteiger partial charge >= 0.3 is 0 Å². The van der Waals surface area contributed by atoms with Gasteiger partial charge in [-0.2, -0.15) is 0 Å². The van der Waals surface area contributed by atoms with E-state index in [2.05, 4.69) is 29.6 Å². The first kappa shape index (κ1) is 25.5. The van der Waals surface area contributed by atoms with Gasteiger partial charge in [0.05, 0.1) is 10.0 Å². The van der Waals surface area contributed by atoms with Crippen LogP contribution in [-0.2, 0) is 22.6 Å². The second-order valence-electron chi connectivity index (χ2n) is 9.32. The van der Waals surface area contributed by atoms with E-state index in [0.29, 0.717) is 35.9 Å². The molecule has 1 fully saturated rings. The molecule has 6 heteroatoms. The van der Waals surface area contributed by atoms with Gasteiger partial charge in [-0.15, -0.1) is 0 Å². The van der Waals surface area contributed by atoms with Crippen molar-refractivity contribution >= 4 is 45.8 Å². The number of carbonyl (C=O) groups excluding carboxylic acids is 2. The maximum atomic E-state index is 13.6. The molecule has 0 saturated heterocycles. The van der Waals surface area contributed by atoms with Crippen molar-refractivity contribution in [1.82, 2.24) is 10.2 Å². The first-order chi connectivity index (χ1) is 17.0. The van der Waals surface area contributed by atoms with Gasteiger partial charge in [-0.05, 0) is 59.7 Å². The number of halogens is 2. The number of benzene rings is 3. The lowest BCUT2D eigenvalue weighted by atomic mass is 10.00. The quantitative estimate of drug-likeness (QED) is 0.338. The average Bonchev–Trinajstić information content (AvgIpc) is 3.37. The Hall–Kier alpha value is -2.56. The Labute approximate surface area is 217 Å². The summed E-state index contributed by atoms with van der Waals surface area (Å²) < 4.78 is 0. The summed E-state index contributed by atoms with van der Waals surface area (Å²) in [6, 6.07) is 19.4. The number of nitrogens with zero attached hydrogens (tertiary/aromatic N) is 1. The number of hydrogen-bond acceptors (Lipinski definition) is 2. The van der Waals surface area contributed by atoms with Crippen molar-refractivity contribution in [1.29, 1.82) is 0 Å². The molecule has 4 rings (SSSR count). The monoisotopic (exact) mass is 510 g/mol. The van der Waals surface area contributed by atoms with Crippen molar-refractivity contribution in [3.8, 4) is 0 Å². The highest BCUT2D eigenvalue weighted by Gasteiger charge is 2.30. The molecule has 35 heavy (non-hydrogen) atoms. The molecule has 1 aliphatic carbocycles. The molecule has 0 heterocycles. The first-order valence-corrected chi connectivity index (χ1v) is 13.2. The Kier molecular flexibility index (Phi) is 8.69. The SMILES string of the molecule is CCC(C(=O)NC1CCCC1)N(Cc1ccc(Cl)c(Cl)c1)C(=O)CCc1cccc2ccccc12. The zero-order valence-corrected chi connectivity index (χ0v) is 21.6. The molecule has 0 spiro atoms. The number of fused-ring (bicyclic) bond motifs is 1. The first-order valence-electron chi connectivity index (χ1n) is 12.5. The highest BCUT2D eigenvalue weighted by atomic mass is 35.5. The van der Waals surface area contributed by atoms with E-state index in [1.54, 1.807) is 17.0 Å². The van der Waals surface area contributed by atoms with Gasteiger partial charge in [0.2, 0.25) is 11.8 Å². The van der Waals surface area contributed by atoms with Crippen LogP contribution in [0, 0.1) is 0 Å². The van der Waals surface area contributed by atoms with Gasteiger partial charge in [0.1, 0.15) is 6.04 Å². The third kappa shape index (κ3) is 6.36. The second kappa shape index (κ2) is 11.9. The lowest BCUT2D eigenvalue weighted by Gasteiger charge is -2.31. The van der Waals surface area contributed by atoms with Gasteiger partial charge in [-0.1, -0.05) is 91.5 Å². The van der Waals surface area contributed by atoms with Gasteiger partial charge in [0.25, 0.3) is 0 Å². The lowest BCUT2D eigenvalue weighted by Crippen LogP contribution is -2.51. The van der Waals surface area contributed by atoms with Gasteiger partial charge in [-0.25, -0.2) is 0 Å². The van der Waals surface area contributed by atoms with E-state index in [1.807, 2.05) is 31.2 Å². The molecule has 0 radical (unpaired) electrons. The molecule has 3 aromatic carbocycles. The van der Waals surface area contributed by atoms with Crippen LogP contribution in [0.2, 0.25) is 10.0 Å². The Morgan fingerprint density at radius 2 is 1.74 bits per heavy atom. The molecule has 1 unspecified atom stereocenters. The molecule has 184 valence electrons. The maximum absolute atomic E-state index is 13.6. The van der Waals surface area contributed by atoms with Crippen molar-refractivity contribution in [3.05, 3.63) is 81.8 Å². The van der Waals surface area contributed by atoms with E-state index in [4.69, 9.17) is 23.2 Å². The van der Waals surface area contributed by atoms with Crippen LogP contribution in [-0.4, -0.2) is 28.8 Å². The fourth-order valence-corrected chi connectivity index (χ4v) is 5.34. The van der Waals surface area contributed by atoms with Crippen molar-refractivity contribution < 1.29 is 9.59 Å². The van der Waals surface area contributed by atoms with E-state index < -0.39 is 6.04 Å². The van der Waals surface area contributed by atoms with E-state index in [1.165, 1.54) is 0 Å². The van der Waals surface area contributed by atoms with Gasteiger partial charge in [0, 0.05) is 19.0 Å². The standard InChI is InChI=1S/C29H32Cl2N2O2/c1-2-27(29(35)32-23-11-4-5-12-23)33(19-20-14-16-25(30)26(31)18-20)28(34)17-15-22-10-7-9-21-8-3-6-13-24(21)22/h3,6-10,13-14,16,18,23,27H,2,4-5,11-12,15,17,19H2,1H3,(H,32,35). The predicted octanol–water partition coefficient (Wildman–Crippen LogP) is 6.95. The largest absolute Gasteiger partial charge is 0.352 e. The molecule has 4 nitrogen and oxygen atoms in total. The van der Waals surface area contributed by atoms with Crippen molar-refractivity contribution in [2.75, 3.05) is 0 Å². The number of carbonyl (C=O) groups is 2. The third-order valence-corrected chi connectivity index (χ3v) is 7.65. The zero-order chi connectivity index (χ0) is 24.8. The number of hydrogen-bond donors (Lipinski definition) is 1. The molecular weight excluding hydrogens is 479 g/mol. The summed E-state index contributed by atoms with van der Waals surface area (Å²) in [6.07, 6.45) is 5.76. The van der Waals surface area contributed by atoms with Crippen LogP contribution in [0.15, 0.2) is 60.7 Å². The summed E-state index contributed by atoms with van der Waals surface area (Å²) in [6.45, 7) is 2.26. The Morgan fingerprint density at radius 1 is 1.00 bits per heavy atom. The highest BCUT2D eigenvalue weighted by Crippen LogP contribution is 2.26. The molecule has 0 aromatic heterocycles. The van der Waals surface area contributed by atoms with Crippen LogP contribution in [0.5, 0.6) is 0 Å². The van der Waals surface area contributed by atoms with Crippen molar-refractivity contribution in [2.45, 2.75) is 70.5 Å². The van der Waals surface area contributed by atoms with E-state index in [9.17, 15) is 9.59 Å². The summed E-state index contributed by atoms with van der Waals surface area (Å²) in [5.74, 6) is -0.115. The summed E-state index contributed by atoms with van der Waals surface area (Å²) in [5.41, 5.74) is 1.99. The summed E-state index contributed by atoms with van der Waals surface area (Å²) in [4.78, 5) is 28.6. The van der Waals surface area contributed by atoms with Gasteiger partial charge in [-0.3, -0.25) is 9.59 Å². The van der Waals surface area contributed by atoms with Crippen molar-refractivity contribution in [2.24, 2.45) is 0 Å². The molecular formula is C29H32Cl2N2O2. The summed E-state index contributed by atoms with van der Waals surface area (Å²) >= 11 is 12.4. The minimum Gasteiger partial charge on any atom is -0.352 e. The fourth-order valence-electron chi connectivity index (χ4n) is 5.02. The smallest absolute Gasteiger partial charge is 0.243 e. The molecule has 3 aromatic rings. The van der Waals surface area contributed by atoms with Crippen LogP contribution < -0.4 is 5.32 Å². The Morgan fingerprint density at radius 3 is 2.49 bits per heavy atom. The van der Waals surface area contributed by atoms with Crippen LogP contribution in [0.1, 0.15) is 56.6 Å². The molecule has 1 aliphatic rings. The molecule has 0 bridgehead atoms. The van der Waals surface area contributed by atoms with Crippen LogP contribution in [0.4, 0.5) is 0 Å². The van der Waals surface area contributed by atoms with E-state index >= 15 is 0 Å². The molecule has 1 N–H and O–H groups in total. The van der Waals surface area contributed by atoms with Gasteiger partial charge in [0.15, 0.2) is 0 Å². The molecule has 0 aliphatic heterocycles. The fraction of sp³-hybridized carbons (Fsp3) is 0.379. The lowest BCUT2D eigenvalue weighted by molar-refractivity contribution is -0.141. The minimum absolute atomic E-state index is 0.0440. The topological polar surface area (TPSA) is 49.4 Å². The summed E-state index contributed by atoms with van der Waals surface area (Å²) in [5, 5.41) is 6.41. The van der Waals surface area contributed by atoms with Crippen LogP contribution >= 0.6 is 23.2 Å². The van der Waals surface area contributed by atoms with E-state index in [0.717, 1.165) is 47.6 Å². The molecule has 2 amide bonds. The highest BCUT2D eigenvalue weighted by molar-refractivity contribution is 6.42. The van der Waals surface area contributed by atoms with Gasteiger partial charge < -0.3 is 10.2 Å². The normalized spacial score (nSPS) is 14.7. The zero-order valence-electron chi connectivity index (χ0n) is 20.1. The predicted molar refractivity (Wildman–Crippen MR) is 144 cm³/mol. The third-order valence-electron chi connectivity index (χ3n) is 6.91. The molecule has 1 atom stereocenters. The number of nitrogens with one attached hydrogen (secondary N) is 1. The molecule has 1 saturated carbocycles. The van der Waals surface area contributed by atoms with Crippen LogP contribution in [0.25, 0.3) is 10.8 Å². The number of amides is 2. The van der Waals surface area contributed by atoms with E-state index in [-0.39, 0.29) is 17.9 Å². The Bertz CT molecular complexity index is 1190. The number of aryl methyl sites for hydroxylation is 1. The maximum Gasteiger partial charge on any atom is 0.243 e.